The third-order valence-electron chi connectivity index (χ3n) is 4.82. The van der Waals surface area contributed by atoms with Crippen molar-refractivity contribution in [1.29, 1.82) is 0 Å². The summed E-state index contributed by atoms with van der Waals surface area (Å²) < 4.78 is 10.4. The summed E-state index contributed by atoms with van der Waals surface area (Å²) in [6.45, 7) is 3.65. The van der Waals surface area contributed by atoms with Gasteiger partial charge in [-0.1, -0.05) is 0 Å². The van der Waals surface area contributed by atoms with E-state index in [9.17, 15) is 4.79 Å². The first kappa shape index (κ1) is 15.0. The van der Waals surface area contributed by atoms with Gasteiger partial charge < -0.3 is 19.7 Å². The van der Waals surface area contributed by atoms with Crippen molar-refractivity contribution in [3.05, 3.63) is 11.9 Å². The Morgan fingerprint density at radius 3 is 2.32 bits per heavy atom. The molecule has 0 aliphatic carbocycles. The Kier molecular flexibility index (Phi) is 4.15. The molecule has 0 bridgehead atoms. The quantitative estimate of drug-likeness (QED) is 0.886. The van der Waals surface area contributed by atoms with E-state index in [1.165, 1.54) is 27.0 Å². The van der Waals surface area contributed by atoms with Gasteiger partial charge in [0.25, 0.3) is 5.91 Å². The molecule has 22 heavy (non-hydrogen) atoms. The molecule has 120 valence electrons. The summed E-state index contributed by atoms with van der Waals surface area (Å²) in [5, 5.41) is 3.43. The molecule has 0 unspecified atom stereocenters. The van der Waals surface area contributed by atoms with Crippen LogP contribution in [0.3, 0.4) is 0 Å². The van der Waals surface area contributed by atoms with Gasteiger partial charge in [-0.15, -0.1) is 0 Å². The van der Waals surface area contributed by atoms with Crippen LogP contribution < -0.4 is 14.8 Å². The zero-order chi connectivity index (χ0) is 15.6. The van der Waals surface area contributed by atoms with Crippen LogP contribution in [0, 0.1) is 5.41 Å². The monoisotopic (exact) mass is 306 g/mol. The highest BCUT2D eigenvalue weighted by molar-refractivity contribution is 5.98. The minimum Gasteiger partial charge on any atom is -0.480 e. The lowest BCUT2D eigenvalue weighted by molar-refractivity contribution is 0.0599. The number of nitrogens with one attached hydrogen (secondary N) is 1. The summed E-state index contributed by atoms with van der Waals surface area (Å²) in [7, 11) is 2.99. The highest BCUT2D eigenvalue weighted by Crippen LogP contribution is 2.38. The summed E-state index contributed by atoms with van der Waals surface area (Å²) in [5.74, 6) is 0.412. The van der Waals surface area contributed by atoms with Gasteiger partial charge in [-0.3, -0.25) is 4.79 Å². The van der Waals surface area contributed by atoms with Crippen molar-refractivity contribution in [1.82, 2.24) is 20.2 Å². The first-order valence-electron chi connectivity index (χ1n) is 7.62. The van der Waals surface area contributed by atoms with Crippen molar-refractivity contribution >= 4 is 5.91 Å². The SMILES string of the molecule is COc1ncnc(OC)c1C(=O)N1CCC2(CCNC2)CC1. The van der Waals surface area contributed by atoms with E-state index in [0.717, 1.165) is 39.0 Å². The van der Waals surface area contributed by atoms with E-state index in [0.29, 0.717) is 11.0 Å². The molecule has 1 aromatic rings. The molecule has 3 heterocycles. The fourth-order valence-corrected chi connectivity index (χ4v) is 3.41. The molecule has 7 heteroatoms. The normalized spacial score (nSPS) is 20.2. The Balaban J connectivity index is 1.78. The summed E-state index contributed by atoms with van der Waals surface area (Å²) in [6, 6.07) is 0. The van der Waals surface area contributed by atoms with Crippen LogP contribution in [0.5, 0.6) is 11.8 Å². The molecule has 1 amide bonds. The van der Waals surface area contributed by atoms with Gasteiger partial charge in [-0.05, 0) is 31.2 Å². The van der Waals surface area contributed by atoms with Gasteiger partial charge in [-0.25, -0.2) is 9.97 Å². The Hall–Kier alpha value is -1.89. The fourth-order valence-electron chi connectivity index (χ4n) is 3.41. The second kappa shape index (κ2) is 6.08. The van der Waals surface area contributed by atoms with Crippen molar-refractivity contribution in [2.24, 2.45) is 5.41 Å². The van der Waals surface area contributed by atoms with Gasteiger partial charge in [-0.2, -0.15) is 0 Å². The van der Waals surface area contributed by atoms with Crippen molar-refractivity contribution in [2.45, 2.75) is 19.3 Å². The molecule has 7 nitrogen and oxygen atoms in total. The maximum Gasteiger partial charge on any atom is 0.264 e. The van der Waals surface area contributed by atoms with Crippen LogP contribution in [0.15, 0.2) is 6.33 Å². The first-order chi connectivity index (χ1) is 10.7. The Bertz CT molecular complexity index is 525. The number of nitrogens with zero attached hydrogens (tertiary/aromatic N) is 3. The van der Waals surface area contributed by atoms with Crippen LogP contribution >= 0.6 is 0 Å². The maximum absolute atomic E-state index is 12.8. The lowest BCUT2D eigenvalue weighted by Crippen LogP contribution is -2.44. The molecular formula is C15H22N4O3. The van der Waals surface area contributed by atoms with Gasteiger partial charge in [0.15, 0.2) is 5.56 Å². The number of likely N-dealkylation sites (tertiary alicyclic amines) is 1. The number of piperidine rings is 1. The van der Waals surface area contributed by atoms with E-state index >= 15 is 0 Å². The molecule has 0 aromatic carbocycles. The van der Waals surface area contributed by atoms with Crippen LogP contribution in [0.2, 0.25) is 0 Å². The molecular weight excluding hydrogens is 284 g/mol. The number of rotatable bonds is 3. The molecule has 1 aromatic heterocycles. The fraction of sp³-hybridized carbons (Fsp3) is 0.667. The zero-order valence-corrected chi connectivity index (χ0v) is 13.1. The second-order valence-corrected chi connectivity index (χ2v) is 5.99. The third-order valence-corrected chi connectivity index (χ3v) is 4.82. The average molecular weight is 306 g/mol. The molecule has 0 saturated carbocycles. The van der Waals surface area contributed by atoms with Crippen molar-refractivity contribution in [3.63, 3.8) is 0 Å². The van der Waals surface area contributed by atoms with Crippen molar-refractivity contribution in [3.8, 4) is 11.8 Å². The van der Waals surface area contributed by atoms with Crippen LogP contribution in [0.25, 0.3) is 0 Å². The van der Waals surface area contributed by atoms with E-state index < -0.39 is 0 Å². The Morgan fingerprint density at radius 2 is 1.82 bits per heavy atom. The standard InChI is InChI=1S/C15H22N4O3/c1-21-12-11(13(22-2)18-10-17-12)14(20)19-7-4-15(5-8-19)3-6-16-9-15/h10,16H,3-9H2,1-2H3. The molecule has 2 saturated heterocycles. The summed E-state index contributed by atoms with van der Waals surface area (Å²) in [5.41, 5.74) is 0.686. The highest BCUT2D eigenvalue weighted by Gasteiger charge is 2.39. The highest BCUT2D eigenvalue weighted by atomic mass is 16.5. The summed E-state index contributed by atoms with van der Waals surface area (Å²) in [6.07, 6.45) is 4.61. The third kappa shape index (κ3) is 2.61. The second-order valence-electron chi connectivity index (χ2n) is 5.99. The van der Waals surface area contributed by atoms with Crippen LogP contribution in [0.4, 0.5) is 0 Å². The lowest BCUT2D eigenvalue weighted by atomic mass is 9.78. The number of ether oxygens (including phenoxy) is 2. The first-order valence-corrected chi connectivity index (χ1v) is 7.62. The largest absolute Gasteiger partial charge is 0.480 e. The van der Waals surface area contributed by atoms with Crippen molar-refractivity contribution in [2.75, 3.05) is 40.4 Å². The zero-order valence-electron chi connectivity index (χ0n) is 13.1. The van der Waals surface area contributed by atoms with Gasteiger partial charge in [0.1, 0.15) is 6.33 Å². The van der Waals surface area contributed by atoms with E-state index in [1.54, 1.807) is 0 Å². The van der Waals surface area contributed by atoms with Gasteiger partial charge in [0.05, 0.1) is 14.2 Å². The smallest absolute Gasteiger partial charge is 0.264 e. The number of hydrogen-bond acceptors (Lipinski definition) is 6. The molecule has 2 aliphatic heterocycles. The molecule has 0 radical (unpaired) electrons. The van der Waals surface area contributed by atoms with E-state index in [-0.39, 0.29) is 17.7 Å². The number of amides is 1. The average Bonchev–Trinajstić information content (AvgIpc) is 3.02. The van der Waals surface area contributed by atoms with E-state index in [4.69, 9.17) is 9.47 Å². The van der Waals surface area contributed by atoms with Crippen molar-refractivity contribution < 1.29 is 14.3 Å². The number of methoxy groups -OCH3 is 2. The van der Waals surface area contributed by atoms with Gasteiger partial charge >= 0.3 is 0 Å². The topological polar surface area (TPSA) is 76.6 Å². The minimum absolute atomic E-state index is 0.116. The van der Waals surface area contributed by atoms with Gasteiger partial charge in [0.2, 0.25) is 11.8 Å². The number of carbonyl (C=O) groups is 1. The number of hydrogen-bond donors (Lipinski definition) is 1. The van der Waals surface area contributed by atoms with E-state index in [1.807, 2.05) is 4.90 Å². The predicted octanol–water partition coefficient (Wildman–Crippen LogP) is 0.710. The summed E-state index contributed by atoms with van der Waals surface area (Å²) >= 11 is 0. The predicted molar refractivity (Wildman–Crippen MR) is 80.2 cm³/mol. The maximum atomic E-state index is 12.8. The Morgan fingerprint density at radius 1 is 1.18 bits per heavy atom. The summed E-state index contributed by atoms with van der Waals surface area (Å²) in [4.78, 5) is 22.7. The molecule has 2 fully saturated rings. The number of aromatic nitrogens is 2. The van der Waals surface area contributed by atoms with Crippen LogP contribution in [-0.2, 0) is 0 Å². The lowest BCUT2D eigenvalue weighted by Gasteiger charge is -2.38. The molecule has 0 atom stereocenters. The van der Waals surface area contributed by atoms with Crippen LogP contribution in [0.1, 0.15) is 29.6 Å². The minimum atomic E-state index is -0.116. The van der Waals surface area contributed by atoms with E-state index in [2.05, 4.69) is 15.3 Å². The van der Waals surface area contributed by atoms with Gasteiger partial charge in [0, 0.05) is 19.6 Å². The number of carbonyl (C=O) groups excluding carboxylic acids is 1. The van der Waals surface area contributed by atoms with Crippen LogP contribution in [-0.4, -0.2) is 61.2 Å². The molecule has 3 rings (SSSR count). The molecule has 1 spiro atoms. The molecule has 1 N–H and O–H groups in total. The Labute approximate surface area is 130 Å². The molecule has 2 aliphatic rings.